The number of alkyl halides is 4. The average Bonchev–Trinajstić information content (AvgIpc) is 2.16. The molecule has 0 saturated carbocycles. The van der Waals surface area contributed by atoms with E-state index in [1.54, 1.807) is 0 Å². The number of aromatic nitrogens is 1. The molecule has 78 valence electrons. The van der Waals surface area contributed by atoms with Gasteiger partial charge in [-0.2, -0.15) is 0 Å². The second-order valence-corrected chi connectivity index (χ2v) is 2.62. The van der Waals surface area contributed by atoms with Gasteiger partial charge in [-0.05, 0) is 12.1 Å². The molecule has 0 aliphatic carbocycles. The van der Waals surface area contributed by atoms with Crippen molar-refractivity contribution in [2.24, 2.45) is 5.73 Å². The second kappa shape index (κ2) is 4.36. The van der Waals surface area contributed by atoms with Crippen molar-refractivity contribution in [1.29, 1.82) is 0 Å². The van der Waals surface area contributed by atoms with Gasteiger partial charge in [-0.1, -0.05) is 0 Å². The Morgan fingerprint density at radius 1 is 1.14 bits per heavy atom. The minimum atomic E-state index is -2.86. The zero-order valence-electron chi connectivity index (χ0n) is 7.05. The van der Waals surface area contributed by atoms with Crippen LogP contribution in [0.4, 0.5) is 17.6 Å². The molecule has 0 unspecified atom stereocenters. The van der Waals surface area contributed by atoms with Gasteiger partial charge in [0.25, 0.3) is 12.9 Å². The predicted octanol–water partition coefficient (Wildman–Crippen LogP) is 2.42. The smallest absolute Gasteiger partial charge is 0.280 e. The Labute approximate surface area is 77.7 Å². The predicted molar refractivity (Wildman–Crippen MR) is 42.0 cm³/mol. The summed E-state index contributed by atoms with van der Waals surface area (Å²) in [6.07, 6.45) is -5.65. The Morgan fingerprint density at radius 2 is 1.79 bits per heavy atom. The first-order valence-electron chi connectivity index (χ1n) is 3.81. The number of nitrogens with two attached hydrogens (primary N) is 1. The summed E-state index contributed by atoms with van der Waals surface area (Å²) in [5.74, 6) is 0. The first kappa shape index (κ1) is 10.9. The third-order valence-corrected chi connectivity index (χ3v) is 1.61. The van der Waals surface area contributed by atoms with Crippen LogP contribution in [0.15, 0.2) is 12.1 Å². The Balaban J connectivity index is 3.13. The summed E-state index contributed by atoms with van der Waals surface area (Å²) in [7, 11) is 0. The highest BCUT2D eigenvalue weighted by Gasteiger charge is 2.15. The number of hydrogen-bond acceptors (Lipinski definition) is 2. The molecule has 2 nitrogen and oxygen atoms in total. The van der Waals surface area contributed by atoms with Crippen molar-refractivity contribution in [3.63, 3.8) is 0 Å². The maximum absolute atomic E-state index is 12.2. The molecular formula is C8H8F4N2. The van der Waals surface area contributed by atoms with Crippen LogP contribution in [0, 0.1) is 0 Å². The van der Waals surface area contributed by atoms with Gasteiger partial charge in [0.15, 0.2) is 0 Å². The highest BCUT2D eigenvalue weighted by molar-refractivity contribution is 5.23. The van der Waals surface area contributed by atoms with Gasteiger partial charge in [0, 0.05) is 12.1 Å². The lowest BCUT2D eigenvalue weighted by atomic mass is 10.2. The monoisotopic (exact) mass is 208 g/mol. The van der Waals surface area contributed by atoms with E-state index in [9.17, 15) is 17.6 Å². The summed E-state index contributed by atoms with van der Waals surface area (Å²) in [5.41, 5.74) is 4.04. The fourth-order valence-corrected chi connectivity index (χ4v) is 0.978. The Hall–Kier alpha value is -1.17. The van der Waals surface area contributed by atoms with E-state index in [4.69, 9.17) is 5.73 Å². The molecule has 0 fully saturated rings. The van der Waals surface area contributed by atoms with Gasteiger partial charge in [-0.25, -0.2) is 17.6 Å². The first-order valence-corrected chi connectivity index (χ1v) is 3.81. The van der Waals surface area contributed by atoms with Crippen molar-refractivity contribution in [1.82, 2.24) is 4.98 Å². The number of halogens is 4. The molecule has 0 bridgehead atoms. The molecule has 0 aliphatic heterocycles. The van der Waals surface area contributed by atoms with Gasteiger partial charge in [-0.15, -0.1) is 0 Å². The second-order valence-electron chi connectivity index (χ2n) is 2.62. The molecule has 1 heterocycles. The van der Waals surface area contributed by atoms with E-state index in [1.165, 1.54) is 0 Å². The van der Waals surface area contributed by atoms with E-state index < -0.39 is 24.1 Å². The lowest BCUT2D eigenvalue weighted by Gasteiger charge is -2.06. The maximum atomic E-state index is 12.2. The van der Waals surface area contributed by atoms with E-state index in [-0.39, 0.29) is 12.2 Å². The minimum absolute atomic E-state index is 0.0399. The third kappa shape index (κ3) is 2.41. The molecule has 0 aliphatic rings. The zero-order valence-corrected chi connectivity index (χ0v) is 7.05. The standard InChI is InChI=1S/C8H8F4N2/c9-7(10)4-1-5(3-13)14-6(2-4)8(11)12/h1-2,7-8H,3,13H2. The molecule has 6 heteroatoms. The molecule has 0 saturated heterocycles. The van der Waals surface area contributed by atoms with Crippen LogP contribution in [-0.4, -0.2) is 4.98 Å². The average molecular weight is 208 g/mol. The van der Waals surface area contributed by atoms with Gasteiger partial charge in [0.2, 0.25) is 0 Å². The van der Waals surface area contributed by atoms with Crippen LogP contribution in [0.25, 0.3) is 0 Å². The summed E-state index contributed by atoms with van der Waals surface area (Å²) in [4.78, 5) is 3.43. The van der Waals surface area contributed by atoms with Crippen molar-refractivity contribution >= 4 is 0 Å². The van der Waals surface area contributed by atoms with Crippen molar-refractivity contribution in [3.8, 4) is 0 Å². The first-order chi connectivity index (χ1) is 6.54. The topological polar surface area (TPSA) is 38.9 Å². The van der Waals surface area contributed by atoms with Crippen LogP contribution >= 0.6 is 0 Å². The molecule has 1 aromatic heterocycles. The number of pyridine rings is 1. The van der Waals surface area contributed by atoms with Crippen LogP contribution < -0.4 is 5.73 Å². The SMILES string of the molecule is NCc1cc(C(F)F)cc(C(F)F)n1. The van der Waals surface area contributed by atoms with Crippen molar-refractivity contribution in [2.75, 3.05) is 0 Å². The highest BCUT2D eigenvalue weighted by atomic mass is 19.3. The fourth-order valence-electron chi connectivity index (χ4n) is 0.978. The normalized spacial score (nSPS) is 11.4. The van der Waals surface area contributed by atoms with E-state index in [0.29, 0.717) is 6.07 Å². The summed E-state index contributed by atoms with van der Waals surface area (Å²) in [5, 5.41) is 0. The van der Waals surface area contributed by atoms with E-state index in [0.717, 1.165) is 6.07 Å². The van der Waals surface area contributed by atoms with Crippen molar-refractivity contribution in [3.05, 3.63) is 29.1 Å². The molecule has 0 spiro atoms. The maximum Gasteiger partial charge on any atom is 0.280 e. The Kier molecular flexibility index (Phi) is 3.40. The van der Waals surface area contributed by atoms with Crippen molar-refractivity contribution < 1.29 is 17.6 Å². The van der Waals surface area contributed by atoms with Gasteiger partial charge >= 0.3 is 0 Å². The number of nitrogens with zero attached hydrogens (tertiary/aromatic N) is 1. The molecule has 2 N–H and O–H groups in total. The van der Waals surface area contributed by atoms with Gasteiger partial charge in [0.1, 0.15) is 5.69 Å². The molecule has 0 radical (unpaired) electrons. The van der Waals surface area contributed by atoms with Crippen LogP contribution in [0.2, 0.25) is 0 Å². The molecular weight excluding hydrogens is 200 g/mol. The molecule has 0 atom stereocenters. The summed E-state index contributed by atoms with van der Waals surface area (Å²) >= 11 is 0. The van der Waals surface area contributed by atoms with Gasteiger partial charge < -0.3 is 5.73 Å². The van der Waals surface area contributed by atoms with Crippen LogP contribution in [0.1, 0.15) is 29.8 Å². The van der Waals surface area contributed by atoms with Gasteiger partial charge in [-0.3, -0.25) is 4.98 Å². The van der Waals surface area contributed by atoms with Crippen LogP contribution in [0.5, 0.6) is 0 Å². The lowest BCUT2D eigenvalue weighted by molar-refractivity contribution is 0.140. The largest absolute Gasteiger partial charge is 0.325 e. The summed E-state index contributed by atoms with van der Waals surface area (Å²) in [6.45, 7) is -0.139. The quantitative estimate of drug-likeness (QED) is 0.774. The fraction of sp³-hybridized carbons (Fsp3) is 0.375. The van der Waals surface area contributed by atoms with E-state index >= 15 is 0 Å². The summed E-state index contributed by atoms with van der Waals surface area (Å²) < 4.78 is 48.8. The third-order valence-electron chi connectivity index (χ3n) is 1.61. The highest BCUT2D eigenvalue weighted by Crippen LogP contribution is 2.24. The molecule has 14 heavy (non-hydrogen) atoms. The Bertz CT molecular complexity index is 288. The number of rotatable bonds is 3. The molecule has 0 amide bonds. The molecule has 1 rings (SSSR count). The zero-order chi connectivity index (χ0) is 10.7. The summed E-state index contributed by atoms with van der Waals surface area (Å²) in [6, 6.07) is 1.71. The molecule has 0 aromatic carbocycles. The van der Waals surface area contributed by atoms with E-state index in [2.05, 4.69) is 4.98 Å². The van der Waals surface area contributed by atoms with Crippen LogP contribution in [-0.2, 0) is 6.54 Å². The van der Waals surface area contributed by atoms with E-state index in [1.807, 2.05) is 0 Å². The van der Waals surface area contributed by atoms with Gasteiger partial charge in [0.05, 0.1) is 5.69 Å². The number of hydrogen-bond donors (Lipinski definition) is 1. The minimum Gasteiger partial charge on any atom is -0.325 e. The Morgan fingerprint density at radius 3 is 2.21 bits per heavy atom. The van der Waals surface area contributed by atoms with Crippen molar-refractivity contribution in [2.45, 2.75) is 19.4 Å². The molecule has 1 aromatic rings. The van der Waals surface area contributed by atoms with Crippen LogP contribution in [0.3, 0.4) is 0 Å². The lowest BCUT2D eigenvalue weighted by Crippen LogP contribution is -2.04.